The number of hydrogen-bond donors (Lipinski definition) is 1. The zero-order valence-electron chi connectivity index (χ0n) is 6.16. The first-order valence-electron chi connectivity index (χ1n) is 3.14. The van der Waals surface area contributed by atoms with E-state index in [-0.39, 0.29) is 6.54 Å². The minimum Gasteiger partial charge on any atom is -0.496 e. The second kappa shape index (κ2) is 3.21. The molecule has 1 heterocycles. The van der Waals surface area contributed by atoms with Gasteiger partial charge in [-0.15, -0.1) is 0 Å². The zero-order chi connectivity index (χ0) is 8.27. The van der Waals surface area contributed by atoms with E-state index in [4.69, 9.17) is 14.9 Å². The lowest BCUT2D eigenvalue weighted by Crippen LogP contribution is -2.04. The third kappa shape index (κ3) is 1.81. The van der Waals surface area contributed by atoms with Crippen LogP contribution in [-0.4, -0.2) is 7.11 Å². The van der Waals surface area contributed by atoms with E-state index in [0.29, 0.717) is 11.5 Å². The topological polar surface area (TPSA) is 65.5 Å². The lowest BCUT2D eigenvalue weighted by molar-refractivity contribution is 0.392. The Morgan fingerprint density at radius 1 is 1.64 bits per heavy atom. The number of rotatable bonds is 2. The second-order valence-electron chi connectivity index (χ2n) is 1.99. The number of nitrogens with two attached hydrogens (primary N) is 1. The molecule has 0 unspecified atom stereocenters. The molecule has 2 N–H and O–H groups in total. The van der Waals surface area contributed by atoms with Crippen LogP contribution in [0.1, 0.15) is 5.76 Å². The van der Waals surface area contributed by atoms with Gasteiger partial charge in [-0.3, -0.25) is 0 Å². The van der Waals surface area contributed by atoms with Crippen LogP contribution >= 0.6 is 0 Å². The number of methoxy groups -OCH3 is 1. The molecule has 4 heteroatoms. The lowest BCUT2D eigenvalue weighted by atomic mass is 10.4. The number of ether oxygens (including phenoxy) is 1. The zero-order valence-corrected chi connectivity index (χ0v) is 6.16. The van der Waals surface area contributed by atoms with Crippen LogP contribution in [0.15, 0.2) is 21.3 Å². The van der Waals surface area contributed by atoms with Gasteiger partial charge in [-0.05, 0) is 0 Å². The summed E-state index contributed by atoms with van der Waals surface area (Å²) in [6, 6.07) is 2.85. The summed E-state index contributed by atoms with van der Waals surface area (Å²) in [5.74, 6) is 0.899. The van der Waals surface area contributed by atoms with Crippen molar-refractivity contribution in [3.05, 3.63) is 28.3 Å². The highest BCUT2D eigenvalue weighted by Crippen LogP contribution is 2.07. The molecule has 0 bridgehead atoms. The van der Waals surface area contributed by atoms with Gasteiger partial charge in [0.15, 0.2) is 0 Å². The predicted molar refractivity (Wildman–Crippen MR) is 39.4 cm³/mol. The molecule has 0 aliphatic carbocycles. The predicted octanol–water partition coefficient (Wildman–Crippen LogP) is 0.107. The summed E-state index contributed by atoms with van der Waals surface area (Å²) >= 11 is 0. The van der Waals surface area contributed by atoms with E-state index in [1.165, 1.54) is 13.2 Å². The van der Waals surface area contributed by atoms with E-state index in [1.54, 1.807) is 6.07 Å². The molecule has 0 amide bonds. The molecule has 1 rings (SSSR count). The standard InChI is InChI=1S/C7H9NO3/c1-10-5-2-6(4-8)11-7(9)3-5/h2-3H,4,8H2,1H3. The Morgan fingerprint density at radius 2 is 2.36 bits per heavy atom. The van der Waals surface area contributed by atoms with E-state index < -0.39 is 5.63 Å². The van der Waals surface area contributed by atoms with Crippen molar-refractivity contribution in [2.75, 3.05) is 7.11 Å². The summed E-state index contributed by atoms with van der Waals surface area (Å²) in [5, 5.41) is 0. The molecule has 0 saturated carbocycles. The van der Waals surface area contributed by atoms with Crippen LogP contribution < -0.4 is 16.1 Å². The lowest BCUT2D eigenvalue weighted by Gasteiger charge is -1.98. The van der Waals surface area contributed by atoms with Gasteiger partial charge in [0.1, 0.15) is 11.5 Å². The fraction of sp³-hybridized carbons (Fsp3) is 0.286. The third-order valence-corrected chi connectivity index (χ3v) is 1.23. The molecular weight excluding hydrogens is 146 g/mol. The van der Waals surface area contributed by atoms with Crippen LogP contribution in [0.4, 0.5) is 0 Å². The Kier molecular flexibility index (Phi) is 2.28. The van der Waals surface area contributed by atoms with Crippen LogP contribution in [0, 0.1) is 0 Å². The maximum absolute atomic E-state index is 10.7. The van der Waals surface area contributed by atoms with E-state index >= 15 is 0 Å². The first-order chi connectivity index (χ1) is 5.26. The Hall–Kier alpha value is -1.29. The highest BCUT2D eigenvalue weighted by atomic mass is 16.5. The van der Waals surface area contributed by atoms with Crippen molar-refractivity contribution in [3.8, 4) is 5.75 Å². The summed E-state index contributed by atoms with van der Waals surface area (Å²) in [7, 11) is 1.48. The smallest absolute Gasteiger partial charge is 0.339 e. The molecule has 60 valence electrons. The molecule has 4 nitrogen and oxygen atoms in total. The average molecular weight is 155 g/mol. The normalized spacial score (nSPS) is 9.64. The average Bonchev–Trinajstić information content (AvgIpc) is 2.03. The quantitative estimate of drug-likeness (QED) is 0.658. The Bertz CT molecular complexity index is 267. The summed E-state index contributed by atoms with van der Waals surface area (Å²) in [6.07, 6.45) is 0. The highest BCUT2D eigenvalue weighted by molar-refractivity contribution is 5.19. The van der Waals surface area contributed by atoms with E-state index in [9.17, 15) is 4.79 Å². The van der Waals surface area contributed by atoms with Gasteiger partial charge < -0.3 is 14.9 Å². The van der Waals surface area contributed by atoms with Crippen molar-refractivity contribution < 1.29 is 9.15 Å². The molecule has 0 fully saturated rings. The minimum absolute atomic E-state index is 0.201. The fourth-order valence-corrected chi connectivity index (χ4v) is 0.723. The Morgan fingerprint density at radius 3 is 2.91 bits per heavy atom. The molecule has 1 aromatic heterocycles. The Balaban J connectivity index is 3.12. The summed E-state index contributed by atoms with van der Waals surface area (Å²) in [5.41, 5.74) is 4.81. The number of hydrogen-bond acceptors (Lipinski definition) is 4. The Labute approximate surface area is 63.6 Å². The van der Waals surface area contributed by atoms with Crippen LogP contribution in [0.25, 0.3) is 0 Å². The second-order valence-corrected chi connectivity index (χ2v) is 1.99. The first-order valence-corrected chi connectivity index (χ1v) is 3.14. The molecule has 0 radical (unpaired) electrons. The molecule has 0 spiro atoms. The van der Waals surface area contributed by atoms with Crippen LogP contribution in [0.3, 0.4) is 0 Å². The van der Waals surface area contributed by atoms with Crippen LogP contribution in [0.5, 0.6) is 5.75 Å². The van der Waals surface area contributed by atoms with Gasteiger partial charge in [0, 0.05) is 6.07 Å². The van der Waals surface area contributed by atoms with Gasteiger partial charge in [0.05, 0.1) is 19.7 Å². The van der Waals surface area contributed by atoms with Gasteiger partial charge in [0.2, 0.25) is 0 Å². The maximum atomic E-state index is 10.7. The van der Waals surface area contributed by atoms with Gasteiger partial charge in [-0.1, -0.05) is 0 Å². The molecule has 0 saturated heterocycles. The summed E-state index contributed by atoms with van der Waals surface area (Å²) < 4.78 is 9.53. The largest absolute Gasteiger partial charge is 0.496 e. The van der Waals surface area contributed by atoms with E-state index in [0.717, 1.165) is 0 Å². The van der Waals surface area contributed by atoms with E-state index in [2.05, 4.69) is 0 Å². The van der Waals surface area contributed by atoms with Gasteiger partial charge in [-0.25, -0.2) is 4.79 Å². The molecule has 0 aliphatic rings. The van der Waals surface area contributed by atoms with Crippen molar-refractivity contribution in [1.82, 2.24) is 0 Å². The summed E-state index contributed by atoms with van der Waals surface area (Å²) in [4.78, 5) is 10.7. The first kappa shape index (κ1) is 7.81. The highest BCUT2D eigenvalue weighted by Gasteiger charge is 1.98. The molecule has 1 aromatic rings. The molecule has 0 aromatic carbocycles. The van der Waals surface area contributed by atoms with Crippen molar-refractivity contribution in [2.45, 2.75) is 6.54 Å². The van der Waals surface area contributed by atoms with Gasteiger partial charge >= 0.3 is 5.63 Å². The molecule has 0 aliphatic heterocycles. The third-order valence-electron chi connectivity index (χ3n) is 1.23. The molecule has 0 atom stereocenters. The molecule has 11 heavy (non-hydrogen) atoms. The summed E-state index contributed by atoms with van der Waals surface area (Å²) in [6.45, 7) is 0.201. The van der Waals surface area contributed by atoms with Crippen LogP contribution in [0.2, 0.25) is 0 Å². The maximum Gasteiger partial charge on any atom is 0.339 e. The van der Waals surface area contributed by atoms with Crippen LogP contribution in [-0.2, 0) is 6.54 Å². The van der Waals surface area contributed by atoms with Crippen molar-refractivity contribution in [1.29, 1.82) is 0 Å². The van der Waals surface area contributed by atoms with Crippen molar-refractivity contribution in [2.24, 2.45) is 5.73 Å². The van der Waals surface area contributed by atoms with Gasteiger partial charge in [0.25, 0.3) is 0 Å². The van der Waals surface area contributed by atoms with Crippen molar-refractivity contribution in [3.63, 3.8) is 0 Å². The SMILES string of the molecule is COc1cc(CN)oc(=O)c1. The van der Waals surface area contributed by atoms with Gasteiger partial charge in [-0.2, -0.15) is 0 Å². The fourth-order valence-electron chi connectivity index (χ4n) is 0.723. The molecular formula is C7H9NO3. The van der Waals surface area contributed by atoms with E-state index in [1.807, 2.05) is 0 Å². The monoisotopic (exact) mass is 155 g/mol. The van der Waals surface area contributed by atoms with Crippen molar-refractivity contribution >= 4 is 0 Å². The minimum atomic E-state index is -0.440.